The lowest BCUT2D eigenvalue weighted by Crippen LogP contribution is -2.38. The largest absolute Gasteiger partial charge is 0.329 e. The fourth-order valence-corrected chi connectivity index (χ4v) is 1.79. The quantitative estimate of drug-likeness (QED) is 0.869. The van der Waals surface area contributed by atoms with Crippen molar-refractivity contribution in [2.75, 3.05) is 12.4 Å². The van der Waals surface area contributed by atoms with Crippen molar-refractivity contribution in [3.05, 3.63) is 54.6 Å². The van der Waals surface area contributed by atoms with Crippen molar-refractivity contribution in [1.82, 2.24) is 14.9 Å². The number of para-hydroxylation sites is 1. The van der Waals surface area contributed by atoms with Gasteiger partial charge < -0.3 is 10.2 Å². The number of amides is 2. The van der Waals surface area contributed by atoms with E-state index in [0.717, 1.165) is 0 Å². The Balaban J connectivity index is 2.03. The fourth-order valence-electron chi connectivity index (χ4n) is 1.79. The molecular formula is C15H16N4O2. The molecule has 0 aliphatic carbocycles. The number of nitrogens with zero attached hydrogens (tertiary/aromatic N) is 3. The van der Waals surface area contributed by atoms with Gasteiger partial charge in [-0.2, -0.15) is 0 Å². The summed E-state index contributed by atoms with van der Waals surface area (Å²) in [6.07, 6.45) is 3.01. The first kappa shape index (κ1) is 14.6. The Bertz CT molecular complexity index is 616. The Labute approximate surface area is 122 Å². The maximum Gasteiger partial charge on any atom is 0.313 e. The Morgan fingerprint density at radius 3 is 2.52 bits per heavy atom. The number of benzene rings is 1. The van der Waals surface area contributed by atoms with E-state index >= 15 is 0 Å². The molecule has 0 radical (unpaired) electrons. The molecule has 2 aromatic rings. The van der Waals surface area contributed by atoms with Crippen molar-refractivity contribution in [2.45, 2.75) is 13.0 Å². The Hall–Kier alpha value is -2.76. The molecule has 0 aliphatic heterocycles. The standard InChI is InChI=1S/C15H16N4O2/c1-11(13-8-9-16-10-17-13)19(2)15(21)14(20)18-12-6-4-3-5-7-12/h3-11H,1-2H3,(H,18,20). The number of aromatic nitrogens is 2. The number of rotatable bonds is 3. The van der Waals surface area contributed by atoms with E-state index in [0.29, 0.717) is 11.4 Å². The molecule has 108 valence electrons. The van der Waals surface area contributed by atoms with Gasteiger partial charge in [0, 0.05) is 18.9 Å². The number of anilines is 1. The van der Waals surface area contributed by atoms with Crippen LogP contribution in [-0.4, -0.2) is 33.7 Å². The van der Waals surface area contributed by atoms with Crippen LogP contribution in [0, 0.1) is 0 Å². The predicted molar refractivity (Wildman–Crippen MR) is 78.3 cm³/mol. The lowest BCUT2D eigenvalue weighted by atomic mass is 10.2. The van der Waals surface area contributed by atoms with E-state index in [2.05, 4.69) is 15.3 Å². The number of hydrogen-bond acceptors (Lipinski definition) is 4. The molecule has 1 aromatic heterocycles. The van der Waals surface area contributed by atoms with Gasteiger partial charge in [0.2, 0.25) is 0 Å². The lowest BCUT2D eigenvalue weighted by Gasteiger charge is -2.23. The van der Waals surface area contributed by atoms with Crippen LogP contribution in [0.2, 0.25) is 0 Å². The number of hydrogen-bond donors (Lipinski definition) is 1. The second-order valence-corrected chi connectivity index (χ2v) is 4.55. The van der Waals surface area contributed by atoms with Gasteiger partial charge >= 0.3 is 11.8 Å². The molecule has 6 heteroatoms. The Morgan fingerprint density at radius 2 is 1.90 bits per heavy atom. The number of nitrogens with one attached hydrogen (secondary N) is 1. The summed E-state index contributed by atoms with van der Waals surface area (Å²) in [5.41, 5.74) is 1.26. The van der Waals surface area contributed by atoms with E-state index in [4.69, 9.17) is 0 Å². The summed E-state index contributed by atoms with van der Waals surface area (Å²) >= 11 is 0. The van der Waals surface area contributed by atoms with Crippen molar-refractivity contribution >= 4 is 17.5 Å². The van der Waals surface area contributed by atoms with Gasteiger partial charge in [0.1, 0.15) is 6.33 Å². The van der Waals surface area contributed by atoms with E-state index in [1.54, 1.807) is 50.5 Å². The molecule has 0 saturated carbocycles. The maximum atomic E-state index is 12.1. The topological polar surface area (TPSA) is 75.2 Å². The normalized spacial score (nSPS) is 11.5. The van der Waals surface area contributed by atoms with Gasteiger partial charge in [0.05, 0.1) is 11.7 Å². The molecule has 0 saturated heterocycles. The third-order valence-electron chi connectivity index (χ3n) is 3.16. The van der Waals surface area contributed by atoms with Crippen LogP contribution in [0.25, 0.3) is 0 Å². The molecule has 6 nitrogen and oxygen atoms in total. The zero-order valence-corrected chi connectivity index (χ0v) is 11.9. The van der Waals surface area contributed by atoms with Crippen molar-refractivity contribution in [3.8, 4) is 0 Å². The van der Waals surface area contributed by atoms with E-state index in [1.165, 1.54) is 11.2 Å². The summed E-state index contributed by atoms with van der Waals surface area (Å²) in [7, 11) is 1.57. The van der Waals surface area contributed by atoms with E-state index in [9.17, 15) is 9.59 Å². The lowest BCUT2D eigenvalue weighted by molar-refractivity contribution is -0.143. The smallest absolute Gasteiger partial charge is 0.313 e. The molecule has 2 rings (SSSR count). The molecule has 1 atom stereocenters. The van der Waals surface area contributed by atoms with E-state index in [-0.39, 0.29) is 6.04 Å². The first-order valence-electron chi connectivity index (χ1n) is 6.48. The van der Waals surface area contributed by atoms with Crippen LogP contribution in [-0.2, 0) is 9.59 Å². The molecular weight excluding hydrogens is 268 g/mol. The van der Waals surface area contributed by atoms with Crippen LogP contribution < -0.4 is 5.32 Å². The van der Waals surface area contributed by atoms with Crippen molar-refractivity contribution in [2.24, 2.45) is 0 Å². The molecule has 0 spiro atoms. The molecule has 1 unspecified atom stereocenters. The highest BCUT2D eigenvalue weighted by Crippen LogP contribution is 2.16. The summed E-state index contributed by atoms with van der Waals surface area (Å²) in [5.74, 6) is -1.30. The highest BCUT2D eigenvalue weighted by atomic mass is 16.2. The van der Waals surface area contributed by atoms with Crippen LogP contribution in [0.4, 0.5) is 5.69 Å². The zero-order chi connectivity index (χ0) is 15.2. The first-order valence-corrected chi connectivity index (χ1v) is 6.48. The van der Waals surface area contributed by atoms with Gasteiger partial charge in [-0.1, -0.05) is 18.2 Å². The van der Waals surface area contributed by atoms with Crippen molar-refractivity contribution in [1.29, 1.82) is 0 Å². The molecule has 2 amide bonds. The molecule has 0 fully saturated rings. The van der Waals surface area contributed by atoms with E-state index in [1.807, 2.05) is 6.07 Å². The summed E-state index contributed by atoms with van der Waals surface area (Å²) in [5, 5.41) is 2.57. The van der Waals surface area contributed by atoms with Crippen LogP contribution in [0.3, 0.4) is 0 Å². The van der Waals surface area contributed by atoms with Crippen LogP contribution >= 0.6 is 0 Å². The van der Waals surface area contributed by atoms with Gasteiger partial charge in [0.15, 0.2) is 0 Å². The average molecular weight is 284 g/mol. The molecule has 1 heterocycles. The number of carbonyl (C=O) groups excluding carboxylic acids is 2. The minimum atomic E-state index is -0.676. The third-order valence-corrected chi connectivity index (χ3v) is 3.16. The highest BCUT2D eigenvalue weighted by molar-refractivity contribution is 6.39. The SMILES string of the molecule is CC(c1ccncn1)N(C)C(=O)C(=O)Nc1ccccc1. The second-order valence-electron chi connectivity index (χ2n) is 4.55. The molecule has 0 bridgehead atoms. The molecule has 0 aliphatic rings. The zero-order valence-electron chi connectivity index (χ0n) is 11.9. The van der Waals surface area contributed by atoms with Crippen molar-refractivity contribution in [3.63, 3.8) is 0 Å². The Kier molecular flexibility index (Phi) is 4.61. The molecule has 1 aromatic carbocycles. The van der Waals surface area contributed by atoms with Gasteiger partial charge in [-0.15, -0.1) is 0 Å². The minimum Gasteiger partial charge on any atom is -0.329 e. The maximum absolute atomic E-state index is 12.1. The van der Waals surface area contributed by atoms with Gasteiger partial charge in [-0.3, -0.25) is 9.59 Å². The van der Waals surface area contributed by atoms with Crippen molar-refractivity contribution < 1.29 is 9.59 Å². The Morgan fingerprint density at radius 1 is 1.19 bits per heavy atom. The highest BCUT2D eigenvalue weighted by Gasteiger charge is 2.24. The van der Waals surface area contributed by atoms with E-state index < -0.39 is 11.8 Å². The van der Waals surface area contributed by atoms with Crippen LogP contribution in [0.15, 0.2) is 48.9 Å². The van der Waals surface area contributed by atoms with Gasteiger partial charge in [-0.05, 0) is 25.1 Å². The monoisotopic (exact) mass is 284 g/mol. The summed E-state index contributed by atoms with van der Waals surface area (Å²) in [6, 6.07) is 10.2. The second kappa shape index (κ2) is 6.60. The summed E-state index contributed by atoms with van der Waals surface area (Å²) < 4.78 is 0. The first-order chi connectivity index (χ1) is 10.1. The predicted octanol–water partition coefficient (Wildman–Crippen LogP) is 1.63. The fraction of sp³-hybridized carbons (Fsp3) is 0.200. The van der Waals surface area contributed by atoms with Gasteiger partial charge in [-0.25, -0.2) is 9.97 Å². The van der Waals surface area contributed by atoms with Gasteiger partial charge in [0.25, 0.3) is 0 Å². The number of likely N-dealkylation sites (N-methyl/N-ethyl adjacent to an activating group) is 1. The van der Waals surface area contributed by atoms with Crippen LogP contribution in [0.1, 0.15) is 18.7 Å². The minimum absolute atomic E-state index is 0.318. The average Bonchev–Trinajstić information content (AvgIpc) is 2.54. The number of carbonyl (C=O) groups is 2. The molecule has 21 heavy (non-hydrogen) atoms. The third kappa shape index (κ3) is 3.62. The van der Waals surface area contributed by atoms with Crippen LogP contribution in [0.5, 0.6) is 0 Å². The molecule has 1 N–H and O–H groups in total. The summed E-state index contributed by atoms with van der Waals surface area (Å²) in [6.45, 7) is 1.80. The summed E-state index contributed by atoms with van der Waals surface area (Å²) in [4.78, 5) is 33.4.